The summed E-state index contributed by atoms with van der Waals surface area (Å²) in [6.45, 7) is 18.0. The summed E-state index contributed by atoms with van der Waals surface area (Å²) in [4.78, 5) is 0. The van der Waals surface area contributed by atoms with Crippen molar-refractivity contribution in [3.05, 3.63) is 0 Å². The van der Waals surface area contributed by atoms with Crippen LogP contribution in [0.5, 0.6) is 0 Å². The fourth-order valence-electron chi connectivity index (χ4n) is 2.95. The molecule has 0 heterocycles. The third-order valence-electron chi connectivity index (χ3n) is 4.11. The normalized spacial score (nSPS) is 16.0. The Morgan fingerprint density at radius 2 is 1.39 bits per heavy atom. The zero-order chi connectivity index (χ0) is 14.3. The van der Waals surface area contributed by atoms with Gasteiger partial charge in [-0.3, -0.25) is 0 Å². The predicted molar refractivity (Wildman–Crippen MR) is 82.6 cm³/mol. The highest BCUT2D eigenvalue weighted by atomic mass is 14.9. The molecule has 0 saturated carbocycles. The number of nitrogens with two attached hydrogens (primary N) is 1. The van der Waals surface area contributed by atoms with E-state index in [0.717, 1.165) is 36.8 Å². The van der Waals surface area contributed by atoms with Gasteiger partial charge in [0.2, 0.25) is 0 Å². The molecular formula is C16H36N2. The maximum atomic E-state index is 5.93. The van der Waals surface area contributed by atoms with Crippen molar-refractivity contribution in [2.75, 3.05) is 13.1 Å². The van der Waals surface area contributed by atoms with Crippen molar-refractivity contribution >= 4 is 0 Å². The van der Waals surface area contributed by atoms with Gasteiger partial charge in [-0.2, -0.15) is 0 Å². The van der Waals surface area contributed by atoms with Gasteiger partial charge in [-0.25, -0.2) is 0 Å². The second-order valence-corrected chi connectivity index (χ2v) is 7.01. The highest BCUT2D eigenvalue weighted by molar-refractivity contribution is 4.78. The van der Waals surface area contributed by atoms with E-state index in [2.05, 4.69) is 53.8 Å². The molecule has 0 radical (unpaired) electrons. The average Bonchev–Trinajstić information content (AvgIpc) is 2.21. The fraction of sp³-hybridized carbons (Fsp3) is 1.00. The van der Waals surface area contributed by atoms with Crippen molar-refractivity contribution in [3.8, 4) is 0 Å². The van der Waals surface area contributed by atoms with Gasteiger partial charge >= 0.3 is 0 Å². The Hall–Kier alpha value is -0.0800. The molecule has 0 aromatic carbocycles. The van der Waals surface area contributed by atoms with Crippen molar-refractivity contribution in [2.24, 2.45) is 35.3 Å². The van der Waals surface area contributed by atoms with Crippen LogP contribution < -0.4 is 11.1 Å². The third kappa shape index (κ3) is 6.75. The molecule has 2 nitrogen and oxygen atoms in total. The lowest BCUT2D eigenvalue weighted by Gasteiger charge is -2.31. The highest BCUT2D eigenvalue weighted by Gasteiger charge is 2.21. The Labute approximate surface area is 115 Å². The van der Waals surface area contributed by atoms with E-state index >= 15 is 0 Å². The Morgan fingerprint density at radius 1 is 0.889 bits per heavy atom. The van der Waals surface area contributed by atoms with Gasteiger partial charge in [-0.1, -0.05) is 48.5 Å². The molecule has 0 saturated heterocycles. The van der Waals surface area contributed by atoms with Crippen LogP contribution in [0, 0.1) is 29.6 Å². The van der Waals surface area contributed by atoms with Gasteiger partial charge in [0.15, 0.2) is 0 Å². The lowest BCUT2D eigenvalue weighted by molar-refractivity contribution is 0.242. The van der Waals surface area contributed by atoms with Gasteiger partial charge in [0.05, 0.1) is 0 Å². The molecule has 0 spiro atoms. The molecule has 110 valence electrons. The molecule has 2 atom stereocenters. The van der Waals surface area contributed by atoms with Crippen molar-refractivity contribution in [1.29, 1.82) is 0 Å². The maximum Gasteiger partial charge on any atom is 0.0216 e. The Kier molecular flexibility index (Phi) is 8.89. The van der Waals surface area contributed by atoms with E-state index in [9.17, 15) is 0 Å². The summed E-state index contributed by atoms with van der Waals surface area (Å²) in [5.74, 6) is 3.62. The lowest BCUT2D eigenvalue weighted by atomic mass is 9.84. The quantitative estimate of drug-likeness (QED) is 0.662. The van der Waals surface area contributed by atoms with E-state index in [1.165, 1.54) is 6.42 Å². The third-order valence-corrected chi connectivity index (χ3v) is 4.11. The lowest BCUT2D eigenvalue weighted by Crippen LogP contribution is -2.45. The van der Waals surface area contributed by atoms with E-state index in [4.69, 9.17) is 5.73 Å². The molecule has 0 aliphatic heterocycles. The first-order valence-electron chi connectivity index (χ1n) is 7.72. The summed E-state index contributed by atoms with van der Waals surface area (Å²) < 4.78 is 0. The number of hydrogen-bond donors (Lipinski definition) is 2. The summed E-state index contributed by atoms with van der Waals surface area (Å²) in [6.07, 6.45) is 1.25. The number of rotatable bonds is 9. The Morgan fingerprint density at radius 3 is 1.72 bits per heavy atom. The standard InChI is InChI=1S/C16H36N2/c1-11(2)8-14(7)16(9-17)18-10-15(12(3)4)13(5)6/h11-16,18H,8-10,17H2,1-7H3. The predicted octanol–water partition coefficient (Wildman–Crippen LogP) is 3.51. The Bertz CT molecular complexity index is 191. The maximum absolute atomic E-state index is 5.93. The minimum absolute atomic E-state index is 0.465. The van der Waals surface area contributed by atoms with Crippen LogP contribution in [0.15, 0.2) is 0 Å². The summed E-state index contributed by atoms with van der Waals surface area (Å²) in [5, 5.41) is 3.71. The molecule has 2 heteroatoms. The first-order valence-corrected chi connectivity index (χ1v) is 7.72. The summed E-state index contributed by atoms with van der Waals surface area (Å²) in [5.41, 5.74) is 5.93. The highest BCUT2D eigenvalue weighted by Crippen LogP contribution is 2.21. The molecule has 0 rings (SSSR count). The van der Waals surface area contributed by atoms with Crippen LogP contribution >= 0.6 is 0 Å². The van der Waals surface area contributed by atoms with E-state index in [-0.39, 0.29) is 0 Å². The topological polar surface area (TPSA) is 38.0 Å². The molecule has 3 N–H and O–H groups in total. The van der Waals surface area contributed by atoms with Crippen molar-refractivity contribution < 1.29 is 0 Å². The van der Waals surface area contributed by atoms with Crippen LogP contribution in [-0.4, -0.2) is 19.1 Å². The Balaban J connectivity index is 4.27. The smallest absolute Gasteiger partial charge is 0.0216 e. The first kappa shape index (κ1) is 17.9. The van der Waals surface area contributed by atoms with Gasteiger partial charge in [0.1, 0.15) is 0 Å². The minimum Gasteiger partial charge on any atom is -0.329 e. The van der Waals surface area contributed by atoms with Gasteiger partial charge in [0.25, 0.3) is 0 Å². The van der Waals surface area contributed by atoms with Gasteiger partial charge in [-0.05, 0) is 42.6 Å². The number of nitrogens with one attached hydrogen (secondary N) is 1. The molecule has 0 amide bonds. The molecule has 0 bridgehead atoms. The monoisotopic (exact) mass is 256 g/mol. The van der Waals surface area contributed by atoms with Gasteiger partial charge in [0, 0.05) is 12.6 Å². The van der Waals surface area contributed by atoms with E-state index < -0.39 is 0 Å². The molecule has 0 aliphatic carbocycles. The van der Waals surface area contributed by atoms with E-state index in [1.807, 2.05) is 0 Å². The van der Waals surface area contributed by atoms with Crippen LogP contribution in [0.4, 0.5) is 0 Å². The minimum atomic E-state index is 0.465. The van der Waals surface area contributed by atoms with Crippen LogP contribution in [-0.2, 0) is 0 Å². The number of hydrogen-bond acceptors (Lipinski definition) is 2. The average molecular weight is 256 g/mol. The zero-order valence-electron chi connectivity index (χ0n) is 13.7. The second kappa shape index (κ2) is 8.92. The SMILES string of the molecule is CC(C)CC(C)C(CN)NCC(C(C)C)C(C)C. The van der Waals surface area contributed by atoms with Crippen LogP contribution in [0.3, 0.4) is 0 Å². The summed E-state index contributed by atoms with van der Waals surface area (Å²) in [7, 11) is 0. The molecular weight excluding hydrogens is 220 g/mol. The van der Waals surface area contributed by atoms with Crippen LogP contribution in [0.25, 0.3) is 0 Å². The van der Waals surface area contributed by atoms with Gasteiger partial charge in [-0.15, -0.1) is 0 Å². The second-order valence-electron chi connectivity index (χ2n) is 7.01. The molecule has 0 aromatic heterocycles. The summed E-state index contributed by atoms with van der Waals surface area (Å²) >= 11 is 0. The molecule has 18 heavy (non-hydrogen) atoms. The molecule has 0 aromatic rings. The fourth-order valence-corrected chi connectivity index (χ4v) is 2.95. The molecule has 0 aliphatic rings. The largest absolute Gasteiger partial charge is 0.329 e. The van der Waals surface area contributed by atoms with Crippen molar-refractivity contribution in [2.45, 2.75) is 60.9 Å². The van der Waals surface area contributed by atoms with Crippen molar-refractivity contribution in [3.63, 3.8) is 0 Å². The van der Waals surface area contributed by atoms with Gasteiger partial charge < -0.3 is 11.1 Å². The zero-order valence-corrected chi connectivity index (χ0v) is 13.7. The molecule has 2 unspecified atom stereocenters. The van der Waals surface area contributed by atoms with Crippen molar-refractivity contribution in [1.82, 2.24) is 5.32 Å². The molecule has 0 fully saturated rings. The van der Waals surface area contributed by atoms with E-state index in [1.54, 1.807) is 0 Å². The van der Waals surface area contributed by atoms with Crippen LogP contribution in [0.2, 0.25) is 0 Å². The first-order chi connectivity index (χ1) is 8.29. The van der Waals surface area contributed by atoms with E-state index in [0.29, 0.717) is 12.0 Å². The summed E-state index contributed by atoms with van der Waals surface area (Å²) in [6, 6.07) is 0.465. The van der Waals surface area contributed by atoms with Crippen LogP contribution in [0.1, 0.15) is 54.9 Å².